The smallest absolute Gasteiger partial charge is 0.252 e. The SMILES string of the molecule is CC(=O)N1CC(C)N(c2cc(-c3cc(Cl)c4c(N)ncnn34)ccc2C#N)C(=O)C1(C)C. The number of nitrogens with two attached hydrogens (primary N) is 1. The van der Waals surface area contributed by atoms with Gasteiger partial charge in [0.05, 0.1) is 28.0 Å². The number of hydrogen-bond acceptors (Lipinski definition) is 6. The second-order valence-corrected chi connectivity index (χ2v) is 8.75. The second kappa shape index (κ2) is 7.50. The van der Waals surface area contributed by atoms with Crippen molar-refractivity contribution in [2.45, 2.75) is 39.3 Å². The van der Waals surface area contributed by atoms with Crippen LogP contribution in [0.2, 0.25) is 5.02 Å². The molecule has 0 aliphatic carbocycles. The Kier molecular flexibility index (Phi) is 5.06. The maximum Gasteiger partial charge on any atom is 0.252 e. The Bertz CT molecular complexity index is 1310. The zero-order chi connectivity index (χ0) is 23.4. The van der Waals surface area contributed by atoms with E-state index in [1.807, 2.05) is 6.92 Å². The van der Waals surface area contributed by atoms with Crippen LogP contribution in [0.3, 0.4) is 0 Å². The van der Waals surface area contributed by atoms with E-state index in [1.165, 1.54) is 13.3 Å². The van der Waals surface area contributed by atoms with Crippen LogP contribution >= 0.6 is 11.6 Å². The lowest BCUT2D eigenvalue weighted by molar-refractivity contribution is -0.146. The highest BCUT2D eigenvalue weighted by molar-refractivity contribution is 6.35. The Morgan fingerprint density at radius 3 is 2.72 bits per heavy atom. The topological polar surface area (TPSA) is 121 Å². The van der Waals surface area contributed by atoms with Crippen LogP contribution in [-0.2, 0) is 9.59 Å². The van der Waals surface area contributed by atoms with Gasteiger partial charge in [0.25, 0.3) is 5.91 Å². The molecular weight excluding hydrogens is 430 g/mol. The van der Waals surface area contributed by atoms with E-state index in [4.69, 9.17) is 17.3 Å². The third-order valence-corrected chi connectivity index (χ3v) is 6.18. The highest BCUT2D eigenvalue weighted by Crippen LogP contribution is 2.37. The molecule has 9 nitrogen and oxygen atoms in total. The van der Waals surface area contributed by atoms with Crippen LogP contribution in [0.5, 0.6) is 0 Å². The number of hydrogen-bond donors (Lipinski definition) is 1. The highest BCUT2D eigenvalue weighted by atomic mass is 35.5. The van der Waals surface area contributed by atoms with Crippen molar-refractivity contribution >= 4 is 40.4 Å². The summed E-state index contributed by atoms with van der Waals surface area (Å²) in [4.78, 5) is 32.8. The number of benzene rings is 1. The van der Waals surface area contributed by atoms with Crippen LogP contribution < -0.4 is 10.6 Å². The van der Waals surface area contributed by atoms with E-state index in [2.05, 4.69) is 16.2 Å². The Labute approximate surface area is 190 Å². The minimum absolute atomic E-state index is 0.171. The molecule has 1 fully saturated rings. The zero-order valence-electron chi connectivity index (χ0n) is 18.1. The van der Waals surface area contributed by atoms with E-state index < -0.39 is 5.54 Å². The molecule has 4 rings (SSSR count). The largest absolute Gasteiger partial charge is 0.382 e. The monoisotopic (exact) mass is 451 g/mol. The molecule has 0 bridgehead atoms. The van der Waals surface area contributed by atoms with Gasteiger partial charge in [0.15, 0.2) is 5.82 Å². The quantitative estimate of drug-likeness (QED) is 0.639. The first-order chi connectivity index (χ1) is 15.1. The van der Waals surface area contributed by atoms with Crippen LogP contribution in [0.4, 0.5) is 11.5 Å². The lowest BCUT2D eigenvalue weighted by Gasteiger charge is -2.49. The summed E-state index contributed by atoms with van der Waals surface area (Å²) in [6, 6.07) is 8.76. The fourth-order valence-corrected chi connectivity index (χ4v) is 4.55. The Hall–Kier alpha value is -3.64. The third kappa shape index (κ3) is 3.15. The molecule has 32 heavy (non-hydrogen) atoms. The molecule has 3 aromatic rings. The van der Waals surface area contributed by atoms with Gasteiger partial charge in [-0.15, -0.1) is 0 Å². The molecule has 0 spiro atoms. The maximum absolute atomic E-state index is 13.5. The molecule has 1 aromatic carbocycles. The van der Waals surface area contributed by atoms with Gasteiger partial charge in [-0.05, 0) is 39.0 Å². The average Bonchev–Trinajstić information content (AvgIpc) is 3.08. The minimum Gasteiger partial charge on any atom is -0.382 e. The number of carbonyl (C=O) groups excluding carboxylic acids is 2. The van der Waals surface area contributed by atoms with Crippen LogP contribution in [0.1, 0.15) is 33.3 Å². The number of rotatable bonds is 2. The number of fused-ring (bicyclic) bond motifs is 1. The Balaban J connectivity index is 1.88. The Morgan fingerprint density at radius 2 is 2.06 bits per heavy atom. The number of amides is 2. The second-order valence-electron chi connectivity index (χ2n) is 8.34. The number of aromatic nitrogens is 3. The molecule has 2 amide bonds. The first-order valence-corrected chi connectivity index (χ1v) is 10.4. The number of piperazine rings is 1. The molecule has 3 heterocycles. The fraction of sp³-hybridized carbons (Fsp3) is 0.318. The number of carbonyl (C=O) groups is 2. The van der Waals surface area contributed by atoms with Gasteiger partial charge in [0, 0.05) is 19.0 Å². The van der Waals surface area contributed by atoms with Crippen molar-refractivity contribution in [3.05, 3.63) is 41.2 Å². The van der Waals surface area contributed by atoms with E-state index in [0.29, 0.717) is 39.6 Å². The lowest BCUT2D eigenvalue weighted by atomic mass is 9.93. The number of nitrogen functional groups attached to an aromatic ring is 1. The van der Waals surface area contributed by atoms with Gasteiger partial charge in [-0.3, -0.25) is 9.59 Å². The number of nitrogens with zero attached hydrogens (tertiary/aromatic N) is 6. The maximum atomic E-state index is 13.5. The van der Waals surface area contributed by atoms with Crippen molar-refractivity contribution in [1.29, 1.82) is 5.26 Å². The molecule has 10 heteroatoms. The van der Waals surface area contributed by atoms with Crippen molar-refractivity contribution < 1.29 is 9.59 Å². The number of halogens is 1. The van der Waals surface area contributed by atoms with Gasteiger partial charge < -0.3 is 15.5 Å². The summed E-state index contributed by atoms with van der Waals surface area (Å²) in [6.45, 7) is 7.09. The minimum atomic E-state index is -1.05. The molecule has 2 aromatic heterocycles. The molecule has 2 N–H and O–H groups in total. The van der Waals surface area contributed by atoms with Gasteiger partial charge in [0.2, 0.25) is 5.91 Å². The molecule has 164 valence electrons. The van der Waals surface area contributed by atoms with Crippen LogP contribution in [0, 0.1) is 11.3 Å². The van der Waals surface area contributed by atoms with Gasteiger partial charge in [-0.25, -0.2) is 9.50 Å². The van der Waals surface area contributed by atoms with Crippen molar-refractivity contribution in [2.24, 2.45) is 0 Å². The molecule has 1 aliphatic rings. The molecule has 1 unspecified atom stereocenters. The van der Waals surface area contributed by atoms with Crippen LogP contribution in [-0.4, -0.2) is 49.4 Å². The number of nitriles is 1. The molecule has 1 saturated heterocycles. The zero-order valence-corrected chi connectivity index (χ0v) is 18.9. The summed E-state index contributed by atoms with van der Waals surface area (Å²) >= 11 is 6.37. The predicted molar refractivity (Wildman–Crippen MR) is 121 cm³/mol. The Morgan fingerprint density at radius 1 is 1.34 bits per heavy atom. The molecule has 0 saturated carbocycles. The van der Waals surface area contributed by atoms with E-state index in [9.17, 15) is 14.9 Å². The van der Waals surface area contributed by atoms with E-state index in [-0.39, 0.29) is 23.7 Å². The normalized spacial score (nSPS) is 18.1. The van der Waals surface area contributed by atoms with Crippen molar-refractivity contribution in [3.8, 4) is 17.3 Å². The lowest BCUT2D eigenvalue weighted by Crippen LogP contribution is -2.67. The first kappa shape index (κ1) is 21.6. The summed E-state index contributed by atoms with van der Waals surface area (Å²) in [5.41, 5.74) is 7.55. The third-order valence-electron chi connectivity index (χ3n) is 5.89. The molecular formula is C22H22ClN7O2. The first-order valence-electron chi connectivity index (χ1n) is 10.0. The van der Waals surface area contributed by atoms with E-state index in [0.717, 1.165) is 0 Å². The van der Waals surface area contributed by atoms with E-state index in [1.54, 1.807) is 52.4 Å². The van der Waals surface area contributed by atoms with Crippen molar-refractivity contribution in [2.75, 3.05) is 17.2 Å². The van der Waals surface area contributed by atoms with Gasteiger partial charge >= 0.3 is 0 Å². The summed E-state index contributed by atoms with van der Waals surface area (Å²) in [5.74, 6) is -0.184. The van der Waals surface area contributed by atoms with Gasteiger partial charge in [-0.1, -0.05) is 17.7 Å². The van der Waals surface area contributed by atoms with E-state index >= 15 is 0 Å². The summed E-state index contributed by atoms with van der Waals surface area (Å²) < 4.78 is 1.58. The standard InChI is InChI=1S/C22H22ClN7O2/c1-12-10-28(13(2)31)22(3,4)21(32)29(12)17-7-14(5-6-15(17)9-24)18-8-16(23)19-20(25)26-11-27-30(18)19/h5-8,11-12H,10H2,1-4H3,(H2,25,26,27). The average molecular weight is 452 g/mol. The van der Waals surface area contributed by atoms with Gasteiger partial charge in [0.1, 0.15) is 23.5 Å². The molecule has 0 radical (unpaired) electrons. The summed E-state index contributed by atoms with van der Waals surface area (Å²) in [5, 5.41) is 14.4. The molecule has 1 atom stereocenters. The summed E-state index contributed by atoms with van der Waals surface area (Å²) in [7, 11) is 0. The predicted octanol–water partition coefficient (Wildman–Crippen LogP) is 2.87. The van der Waals surface area contributed by atoms with Crippen molar-refractivity contribution in [3.63, 3.8) is 0 Å². The van der Waals surface area contributed by atoms with Crippen LogP contribution in [0.15, 0.2) is 30.6 Å². The van der Waals surface area contributed by atoms with Crippen LogP contribution in [0.25, 0.3) is 16.8 Å². The number of anilines is 2. The van der Waals surface area contributed by atoms with Gasteiger partial charge in [-0.2, -0.15) is 10.4 Å². The highest BCUT2D eigenvalue weighted by Gasteiger charge is 2.47. The fourth-order valence-electron chi connectivity index (χ4n) is 4.27. The van der Waals surface area contributed by atoms with Crippen molar-refractivity contribution in [1.82, 2.24) is 19.5 Å². The molecule has 1 aliphatic heterocycles. The summed E-state index contributed by atoms with van der Waals surface area (Å²) in [6.07, 6.45) is 1.34.